The van der Waals surface area contributed by atoms with Crippen molar-refractivity contribution in [2.45, 2.75) is 19.5 Å². The summed E-state index contributed by atoms with van der Waals surface area (Å²) >= 11 is 7.28. The van der Waals surface area contributed by atoms with Gasteiger partial charge in [-0.1, -0.05) is 29.8 Å². The number of amides is 2. The van der Waals surface area contributed by atoms with Crippen LogP contribution < -0.4 is 10.6 Å². The number of aromatic nitrogens is 2. The summed E-state index contributed by atoms with van der Waals surface area (Å²) in [6.07, 6.45) is 2.41. The molecule has 2 amide bonds. The van der Waals surface area contributed by atoms with E-state index < -0.39 is 0 Å². The molecular formula is C20H20ClN5O2S. The van der Waals surface area contributed by atoms with E-state index in [1.807, 2.05) is 24.3 Å². The first-order valence-corrected chi connectivity index (χ1v) is 10.4. The van der Waals surface area contributed by atoms with Gasteiger partial charge in [0.05, 0.1) is 10.7 Å². The van der Waals surface area contributed by atoms with E-state index in [-0.39, 0.29) is 18.4 Å². The molecule has 0 atom stereocenters. The highest BCUT2D eigenvalue weighted by Gasteiger charge is 2.22. The van der Waals surface area contributed by atoms with Crippen molar-refractivity contribution < 1.29 is 9.59 Å². The highest BCUT2D eigenvalue weighted by atomic mass is 35.5. The number of anilines is 1. The van der Waals surface area contributed by atoms with Gasteiger partial charge in [0.1, 0.15) is 5.69 Å². The molecule has 0 unspecified atom stereocenters. The lowest BCUT2D eigenvalue weighted by Crippen LogP contribution is -2.25. The van der Waals surface area contributed by atoms with Crippen molar-refractivity contribution in [2.24, 2.45) is 0 Å². The van der Waals surface area contributed by atoms with Crippen molar-refractivity contribution in [3.05, 3.63) is 68.4 Å². The first-order valence-electron chi connectivity index (χ1n) is 9.18. The van der Waals surface area contributed by atoms with Gasteiger partial charge in [-0.25, -0.2) is 4.98 Å². The standard InChI is InChI=1S/C20H20ClN5O2S/c1-26-7-6-15-17(11-26)29-20(25-15)19(28)24-14-5-3-2-4-12(14)9-23-18(27)16-8-13(21)10-22-16/h2-5,8,10,22H,6-7,9,11H2,1H3,(H,23,27)(H,24,28). The van der Waals surface area contributed by atoms with Crippen molar-refractivity contribution >= 4 is 40.4 Å². The van der Waals surface area contributed by atoms with Gasteiger partial charge in [-0.05, 0) is 24.7 Å². The van der Waals surface area contributed by atoms with Gasteiger partial charge in [-0.2, -0.15) is 0 Å². The van der Waals surface area contributed by atoms with E-state index in [0.717, 1.165) is 35.6 Å². The van der Waals surface area contributed by atoms with Crippen LogP contribution >= 0.6 is 22.9 Å². The van der Waals surface area contributed by atoms with E-state index in [0.29, 0.717) is 21.4 Å². The summed E-state index contributed by atoms with van der Waals surface area (Å²) in [4.78, 5) is 35.7. The predicted molar refractivity (Wildman–Crippen MR) is 114 cm³/mol. The van der Waals surface area contributed by atoms with Gasteiger partial charge < -0.3 is 20.5 Å². The number of nitrogens with one attached hydrogen (secondary N) is 3. The fourth-order valence-corrected chi connectivity index (χ4v) is 4.41. The summed E-state index contributed by atoms with van der Waals surface area (Å²) in [5, 5.41) is 6.69. The smallest absolute Gasteiger partial charge is 0.284 e. The van der Waals surface area contributed by atoms with Crippen molar-refractivity contribution in [1.82, 2.24) is 20.2 Å². The first-order chi connectivity index (χ1) is 14.0. The van der Waals surface area contributed by atoms with Gasteiger partial charge >= 0.3 is 0 Å². The van der Waals surface area contributed by atoms with Crippen LogP contribution in [0.3, 0.4) is 0 Å². The molecule has 0 fully saturated rings. The molecule has 1 aliphatic rings. The fraction of sp³-hybridized carbons (Fsp3) is 0.250. The summed E-state index contributed by atoms with van der Waals surface area (Å²) in [7, 11) is 2.06. The molecule has 4 rings (SSSR count). The number of carbonyl (C=O) groups is 2. The van der Waals surface area contributed by atoms with E-state index in [4.69, 9.17) is 11.6 Å². The molecule has 0 bridgehead atoms. The zero-order valence-corrected chi connectivity index (χ0v) is 17.4. The quantitative estimate of drug-likeness (QED) is 0.580. The molecule has 7 nitrogen and oxygen atoms in total. The number of para-hydroxylation sites is 1. The SMILES string of the molecule is CN1CCc2nc(C(=O)Nc3ccccc3CNC(=O)c3cc(Cl)c[nH]3)sc2C1. The van der Waals surface area contributed by atoms with Crippen molar-refractivity contribution in [3.8, 4) is 0 Å². The number of fused-ring (bicyclic) bond motifs is 1. The van der Waals surface area contributed by atoms with Crippen LogP contribution in [0.1, 0.15) is 36.4 Å². The minimum atomic E-state index is -0.269. The van der Waals surface area contributed by atoms with E-state index in [9.17, 15) is 9.59 Å². The van der Waals surface area contributed by atoms with Crippen LogP contribution in [0.2, 0.25) is 5.02 Å². The Kier molecular flexibility index (Phi) is 5.66. The van der Waals surface area contributed by atoms with Gasteiger partial charge in [-0.15, -0.1) is 11.3 Å². The van der Waals surface area contributed by atoms with Crippen LogP contribution in [0.5, 0.6) is 0 Å². The third-order valence-corrected chi connectivity index (χ3v) is 6.01. The monoisotopic (exact) mass is 429 g/mol. The number of hydrogen-bond acceptors (Lipinski definition) is 5. The Morgan fingerprint density at radius 2 is 2.14 bits per heavy atom. The zero-order chi connectivity index (χ0) is 20.4. The molecule has 3 N–H and O–H groups in total. The third-order valence-electron chi connectivity index (χ3n) is 4.71. The van der Waals surface area contributed by atoms with Crippen LogP contribution in [0.4, 0.5) is 5.69 Å². The third kappa shape index (κ3) is 4.50. The lowest BCUT2D eigenvalue weighted by atomic mass is 10.1. The normalized spacial score (nSPS) is 13.7. The maximum absolute atomic E-state index is 12.7. The number of rotatable bonds is 5. The topological polar surface area (TPSA) is 90.1 Å². The van der Waals surface area contributed by atoms with E-state index >= 15 is 0 Å². The summed E-state index contributed by atoms with van der Waals surface area (Å²) in [6, 6.07) is 8.94. The number of aromatic amines is 1. The zero-order valence-electron chi connectivity index (χ0n) is 15.8. The second-order valence-electron chi connectivity index (χ2n) is 6.90. The Hall–Kier alpha value is -2.68. The van der Waals surface area contributed by atoms with Crippen molar-refractivity contribution in [3.63, 3.8) is 0 Å². The number of benzene rings is 1. The molecule has 1 aliphatic heterocycles. The van der Waals surface area contributed by atoms with Crippen LogP contribution in [0.15, 0.2) is 36.5 Å². The van der Waals surface area contributed by atoms with E-state index in [1.165, 1.54) is 11.3 Å². The Morgan fingerprint density at radius 1 is 1.31 bits per heavy atom. The lowest BCUT2D eigenvalue weighted by molar-refractivity contribution is 0.0946. The number of H-pyrrole nitrogens is 1. The summed E-state index contributed by atoms with van der Waals surface area (Å²) in [6.45, 7) is 2.04. The molecule has 0 saturated carbocycles. The minimum Gasteiger partial charge on any atom is -0.356 e. The average molecular weight is 430 g/mol. The Balaban J connectivity index is 1.44. The number of likely N-dealkylation sites (N-methyl/N-ethyl adjacent to an activating group) is 1. The maximum Gasteiger partial charge on any atom is 0.284 e. The Bertz CT molecular complexity index is 1060. The fourth-order valence-electron chi connectivity index (χ4n) is 3.16. The van der Waals surface area contributed by atoms with Gasteiger partial charge in [0.25, 0.3) is 11.8 Å². The first kappa shape index (κ1) is 19.6. The molecule has 29 heavy (non-hydrogen) atoms. The highest BCUT2D eigenvalue weighted by molar-refractivity contribution is 7.13. The van der Waals surface area contributed by atoms with Gasteiger partial charge in [0, 0.05) is 42.8 Å². The van der Waals surface area contributed by atoms with Crippen molar-refractivity contribution in [2.75, 3.05) is 18.9 Å². The molecule has 0 spiro atoms. The molecule has 2 aromatic heterocycles. The molecule has 0 radical (unpaired) electrons. The second kappa shape index (κ2) is 8.36. The van der Waals surface area contributed by atoms with E-state index in [2.05, 4.69) is 32.5 Å². The van der Waals surface area contributed by atoms with Crippen LogP contribution in [0, 0.1) is 0 Å². The molecule has 1 aromatic carbocycles. The van der Waals surface area contributed by atoms with E-state index in [1.54, 1.807) is 12.3 Å². The Labute approximate surface area is 177 Å². The van der Waals surface area contributed by atoms with Gasteiger partial charge in [-0.3, -0.25) is 9.59 Å². The summed E-state index contributed by atoms with van der Waals surface area (Å²) in [5.74, 6) is -0.503. The minimum absolute atomic E-state index is 0.234. The largest absolute Gasteiger partial charge is 0.356 e. The molecule has 9 heteroatoms. The molecule has 3 aromatic rings. The lowest BCUT2D eigenvalue weighted by Gasteiger charge is -2.20. The van der Waals surface area contributed by atoms with Crippen LogP contribution in [-0.2, 0) is 19.5 Å². The summed E-state index contributed by atoms with van der Waals surface area (Å²) < 4.78 is 0. The molecule has 150 valence electrons. The molecule has 0 aliphatic carbocycles. The molecule has 3 heterocycles. The number of thiazole rings is 1. The summed E-state index contributed by atoms with van der Waals surface area (Å²) in [5.41, 5.74) is 2.85. The average Bonchev–Trinajstić information content (AvgIpc) is 3.33. The van der Waals surface area contributed by atoms with Gasteiger partial charge in [0.15, 0.2) is 5.01 Å². The van der Waals surface area contributed by atoms with Crippen molar-refractivity contribution in [1.29, 1.82) is 0 Å². The van der Waals surface area contributed by atoms with Crippen LogP contribution in [-0.4, -0.2) is 40.3 Å². The maximum atomic E-state index is 12.7. The van der Waals surface area contributed by atoms with Gasteiger partial charge in [0.2, 0.25) is 0 Å². The Morgan fingerprint density at radius 3 is 2.93 bits per heavy atom. The van der Waals surface area contributed by atoms with Crippen LogP contribution in [0.25, 0.3) is 0 Å². The highest BCUT2D eigenvalue weighted by Crippen LogP contribution is 2.25. The molecular weight excluding hydrogens is 410 g/mol. The number of carbonyl (C=O) groups excluding carboxylic acids is 2. The number of hydrogen-bond donors (Lipinski definition) is 3. The predicted octanol–water partition coefficient (Wildman–Crippen LogP) is 3.29. The number of nitrogens with zero attached hydrogens (tertiary/aromatic N) is 2. The molecule has 0 saturated heterocycles. The number of halogens is 1. The second-order valence-corrected chi connectivity index (χ2v) is 8.42.